The first-order chi connectivity index (χ1) is 14.5. The predicted molar refractivity (Wildman–Crippen MR) is 123 cm³/mol. The second-order valence-electron chi connectivity index (χ2n) is 7.15. The second-order valence-corrected chi connectivity index (χ2v) is 9.46. The Hall–Kier alpha value is -1.66. The van der Waals surface area contributed by atoms with Gasteiger partial charge >= 0.3 is 0 Å². The van der Waals surface area contributed by atoms with Crippen LogP contribution in [0.2, 0.25) is 15.1 Å². The number of nitrogens with zero attached hydrogens (tertiary/aromatic N) is 2. The Morgan fingerprint density at radius 1 is 0.800 bits per heavy atom. The van der Waals surface area contributed by atoms with Crippen LogP contribution in [-0.4, -0.2) is 29.8 Å². The predicted octanol–water partition coefficient (Wildman–Crippen LogP) is 6.40. The summed E-state index contributed by atoms with van der Waals surface area (Å²) in [6.45, 7) is 1.49. The minimum absolute atomic E-state index is 0.189. The van der Waals surface area contributed by atoms with Crippen molar-refractivity contribution in [3.05, 3.63) is 68.1 Å². The summed E-state index contributed by atoms with van der Waals surface area (Å²) in [6, 6.07) is 12.2. The summed E-state index contributed by atoms with van der Waals surface area (Å²) < 4.78 is 0. The van der Waals surface area contributed by atoms with Gasteiger partial charge in [0.05, 0.1) is 15.7 Å². The molecule has 8 heteroatoms. The van der Waals surface area contributed by atoms with Gasteiger partial charge in [0.2, 0.25) is 0 Å². The maximum Gasteiger partial charge on any atom is 0.283 e. The van der Waals surface area contributed by atoms with Crippen LogP contribution in [0, 0.1) is 0 Å². The summed E-state index contributed by atoms with van der Waals surface area (Å²) in [5, 5.41) is 1.10. The van der Waals surface area contributed by atoms with Gasteiger partial charge in [0, 0.05) is 23.0 Å². The van der Waals surface area contributed by atoms with Crippen LogP contribution in [0.3, 0.4) is 0 Å². The van der Waals surface area contributed by atoms with Gasteiger partial charge in [-0.1, -0.05) is 65.5 Å². The average molecular weight is 482 g/mol. The van der Waals surface area contributed by atoms with Crippen LogP contribution in [-0.2, 0) is 9.59 Å². The highest BCUT2D eigenvalue weighted by Gasteiger charge is 2.43. The summed E-state index contributed by atoms with van der Waals surface area (Å²) in [4.78, 5) is 31.4. The molecule has 4 nitrogen and oxygen atoms in total. The standard InChI is InChI=1S/C22H19Cl3N2O2S/c23-14-8-10-15(11-9-14)30-20-19(26-12-3-1-2-4-13-26)21(28)27(22(20)29)17-7-5-6-16(24)18(17)25/h5-11H,1-4,12-13H2. The molecular formula is C22H19Cl3N2O2S. The SMILES string of the molecule is O=C1C(Sc2ccc(Cl)cc2)=C(N2CCCCCC2)C(=O)N1c1cccc(Cl)c1Cl. The quantitative estimate of drug-likeness (QED) is 0.474. The first-order valence-electron chi connectivity index (χ1n) is 9.73. The maximum atomic E-state index is 13.5. The van der Waals surface area contributed by atoms with Gasteiger partial charge in [-0.3, -0.25) is 9.59 Å². The van der Waals surface area contributed by atoms with Gasteiger partial charge in [0.1, 0.15) is 10.6 Å². The number of rotatable bonds is 4. The number of carbonyl (C=O) groups is 2. The van der Waals surface area contributed by atoms with Crippen molar-refractivity contribution >= 4 is 64.1 Å². The normalized spacial score (nSPS) is 17.7. The van der Waals surface area contributed by atoms with Gasteiger partial charge in [-0.2, -0.15) is 0 Å². The van der Waals surface area contributed by atoms with E-state index in [1.54, 1.807) is 30.3 Å². The van der Waals surface area contributed by atoms with E-state index in [0.29, 0.717) is 26.3 Å². The van der Waals surface area contributed by atoms with Crippen molar-refractivity contribution in [2.75, 3.05) is 18.0 Å². The average Bonchev–Trinajstić information content (AvgIpc) is 2.91. The fourth-order valence-electron chi connectivity index (χ4n) is 3.67. The molecule has 156 valence electrons. The van der Waals surface area contributed by atoms with Crippen molar-refractivity contribution in [1.29, 1.82) is 0 Å². The summed E-state index contributed by atoms with van der Waals surface area (Å²) in [6.07, 6.45) is 4.22. The second kappa shape index (κ2) is 9.23. The van der Waals surface area contributed by atoms with E-state index >= 15 is 0 Å². The number of imide groups is 1. The van der Waals surface area contributed by atoms with Crippen LogP contribution in [0.4, 0.5) is 5.69 Å². The Bertz CT molecular complexity index is 1020. The maximum absolute atomic E-state index is 13.5. The Labute approximate surface area is 194 Å². The molecule has 1 saturated heterocycles. The van der Waals surface area contributed by atoms with Crippen molar-refractivity contribution in [2.45, 2.75) is 30.6 Å². The molecular weight excluding hydrogens is 463 g/mol. The third kappa shape index (κ3) is 4.22. The molecule has 0 bridgehead atoms. The molecule has 0 spiro atoms. The van der Waals surface area contributed by atoms with E-state index in [9.17, 15) is 9.59 Å². The molecule has 2 aliphatic heterocycles. The molecule has 0 atom stereocenters. The van der Waals surface area contributed by atoms with Gasteiger partial charge in [0.25, 0.3) is 11.8 Å². The molecule has 4 rings (SSSR count). The van der Waals surface area contributed by atoms with Crippen LogP contribution in [0.25, 0.3) is 0 Å². The number of hydrogen-bond donors (Lipinski definition) is 0. The smallest absolute Gasteiger partial charge is 0.283 e. The zero-order valence-corrected chi connectivity index (χ0v) is 19.1. The lowest BCUT2D eigenvalue weighted by atomic mass is 10.2. The highest BCUT2D eigenvalue weighted by atomic mass is 35.5. The van der Waals surface area contributed by atoms with Gasteiger partial charge in [-0.25, -0.2) is 4.90 Å². The molecule has 30 heavy (non-hydrogen) atoms. The van der Waals surface area contributed by atoms with Crippen molar-refractivity contribution in [3.63, 3.8) is 0 Å². The van der Waals surface area contributed by atoms with Crippen LogP contribution >= 0.6 is 46.6 Å². The third-order valence-corrected chi connectivity index (χ3v) is 7.29. The van der Waals surface area contributed by atoms with Gasteiger partial charge < -0.3 is 4.90 Å². The minimum atomic E-state index is -0.386. The number of amides is 2. The molecule has 0 N–H and O–H groups in total. The van der Waals surface area contributed by atoms with Crippen LogP contribution in [0.1, 0.15) is 25.7 Å². The van der Waals surface area contributed by atoms with E-state index in [1.807, 2.05) is 17.0 Å². The molecule has 2 amide bonds. The lowest BCUT2D eigenvalue weighted by Gasteiger charge is -2.24. The first-order valence-corrected chi connectivity index (χ1v) is 11.7. The van der Waals surface area contributed by atoms with E-state index in [0.717, 1.165) is 48.6 Å². The zero-order valence-electron chi connectivity index (χ0n) is 16.0. The largest absolute Gasteiger partial charge is 0.366 e. The van der Waals surface area contributed by atoms with E-state index in [1.165, 1.54) is 11.8 Å². The molecule has 2 aromatic carbocycles. The Kier molecular flexibility index (Phi) is 6.63. The number of benzene rings is 2. The summed E-state index contributed by atoms with van der Waals surface area (Å²) >= 11 is 19.8. The number of likely N-dealkylation sites (tertiary alicyclic amines) is 1. The molecule has 2 aliphatic rings. The molecule has 0 saturated carbocycles. The Morgan fingerprint density at radius 2 is 1.47 bits per heavy atom. The molecule has 1 fully saturated rings. The number of halogens is 3. The molecule has 2 aromatic rings. The summed E-state index contributed by atoms with van der Waals surface area (Å²) in [5.74, 6) is -0.745. The lowest BCUT2D eigenvalue weighted by Crippen LogP contribution is -2.35. The fourth-order valence-corrected chi connectivity index (χ4v) is 5.17. The van der Waals surface area contributed by atoms with Crippen LogP contribution in [0.15, 0.2) is 58.0 Å². The molecule has 2 heterocycles. The van der Waals surface area contributed by atoms with Crippen molar-refractivity contribution in [1.82, 2.24) is 4.90 Å². The van der Waals surface area contributed by atoms with E-state index in [2.05, 4.69) is 0 Å². The van der Waals surface area contributed by atoms with Gasteiger partial charge in [0.15, 0.2) is 0 Å². The van der Waals surface area contributed by atoms with E-state index in [-0.39, 0.29) is 16.8 Å². The molecule has 0 aliphatic carbocycles. The Balaban J connectivity index is 1.77. The van der Waals surface area contributed by atoms with Crippen LogP contribution in [0.5, 0.6) is 0 Å². The summed E-state index contributed by atoms with van der Waals surface area (Å²) in [7, 11) is 0. The molecule has 0 radical (unpaired) electrons. The number of anilines is 1. The summed E-state index contributed by atoms with van der Waals surface area (Å²) in [5.41, 5.74) is 0.746. The highest BCUT2D eigenvalue weighted by molar-refractivity contribution is 8.04. The van der Waals surface area contributed by atoms with Gasteiger partial charge in [-0.15, -0.1) is 0 Å². The zero-order chi connectivity index (χ0) is 21.3. The Morgan fingerprint density at radius 3 is 2.13 bits per heavy atom. The van der Waals surface area contributed by atoms with Crippen molar-refractivity contribution in [2.24, 2.45) is 0 Å². The lowest BCUT2D eigenvalue weighted by molar-refractivity contribution is -0.121. The van der Waals surface area contributed by atoms with E-state index in [4.69, 9.17) is 34.8 Å². The van der Waals surface area contributed by atoms with Crippen molar-refractivity contribution < 1.29 is 9.59 Å². The monoisotopic (exact) mass is 480 g/mol. The molecule has 0 aromatic heterocycles. The third-order valence-electron chi connectivity index (χ3n) is 5.15. The minimum Gasteiger partial charge on any atom is -0.366 e. The first kappa shape index (κ1) is 21.6. The van der Waals surface area contributed by atoms with Gasteiger partial charge in [-0.05, 0) is 49.2 Å². The topological polar surface area (TPSA) is 40.6 Å². The fraction of sp³-hybridized carbons (Fsp3) is 0.273. The van der Waals surface area contributed by atoms with Crippen LogP contribution < -0.4 is 4.90 Å². The van der Waals surface area contributed by atoms with Crippen molar-refractivity contribution in [3.8, 4) is 0 Å². The number of thioether (sulfide) groups is 1. The molecule has 0 unspecified atom stereocenters. The number of carbonyl (C=O) groups excluding carboxylic acids is 2. The highest BCUT2D eigenvalue weighted by Crippen LogP contribution is 2.42. The number of hydrogen-bond acceptors (Lipinski definition) is 4. The van der Waals surface area contributed by atoms with E-state index < -0.39 is 0 Å².